The summed E-state index contributed by atoms with van der Waals surface area (Å²) in [5, 5.41) is 2.55. The van der Waals surface area contributed by atoms with E-state index in [4.69, 9.17) is 0 Å². The summed E-state index contributed by atoms with van der Waals surface area (Å²) >= 11 is 0. The number of ketones is 1. The van der Waals surface area contributed by atoms with E-state index < -0.39 is 5.41 Å². The molecule has 2 saturated carbocycles. The molecule has 3 aliphatic carbocycles. The lowest BCUT2D eigenvalue weighted by atomic mass is 9.46. The van der Waals surface area contributed by atoms with Crippen LogP contribution in [0.15, 0.2) is 11.6 Å². The number of imide groups is 1. The Kier molecular flexibility index (Phi) is 3.14. The van der Waals surface area contributed by atoms with Crippen LogP contribution >= 0.6 is 0 Å². The summed E-state index contributed by atoms with van der Waals surface area (Å²) in [5.41, 5.74) is 1.02. The monoisotopic (exact) mass is 315 g/mol. The van der Waals surface area contributed by atoms with Crippen molar-refractivity contribution >= 4 is 17.6 Å². The molecule has 4 aliphatic rings. The number of rotatable bonds is 0. The van der Waals surface area contributed by atoms with Gasteiger partial charge < -0.3 is 0 Å². The van der Waals surface area contributed by atoms with Crippen LogP contribution in [0.3, 0.4) is 0 Å². The molecule has 0 spiro atoms. The molecule has 5 atom stereocenters. The molecule has 1 aliphatic heterocycles. The first-order chi connectivity index (χ1) is 10.8. The largest absolute Gasteiger partial charge is 0.296 e. The van der Waals surface area contributed by atoms with E-state index in [2.05, 4.69) is 12.2 Å². The number of hydrogen-bond acceptors (Lipinski definition) is 3. The number of hydrogen-bond donors (Lipinski definition) is 1. The fraction of sp³-hybridized carbons (Fsp3) is 0.737. The average Bonchev–Trinajstić information content (AvgIpc) is 2.49. The Morgan fingerprint density at radius 1 is 1.00 bits per heavy atom. The predicted octanol–water partition coefficient (Wildman–Crippen LogP) is 2.77. The van der Waals surface area contributed by atoms with Gasteiger partial charge in [-0.2, -0.15) is 0 Å². The topological polar surface area (TPSA) is 63.2 Å². The molecule has 3 fully saturated rings. The van der Waals surface area contributed by atoms with Crippen molar-refractivity contribution in [1.29, 1.82) is 0 Å². The van der Waals surface area contributed by atoms with Gasteiger partial charge in [0.25, 0.3) is 0 Å². The van der Waals surface area contributed by atoms with E-state index in [1.807, 2.05) is 13.0 Å². The summed E-state index contributed by atoms with van der Waals surface area (Å²) in [7, 11) is 0. The van der Waals surface area contributed by atoms with Gasteiger partial charge in [-0.25, -0.2) is 0 Å². The maximum absolute atomic E-state index is 12.5. The number of carbonyl (C=O) groups is 3. The number of carbonyl (C=O) groups excluding carboxylic acids is 3. The van der Waals surface area contributed by atoms with Crippen molar-refractivity contribution in [3.63, 3.8) is 0 Å². The molecule has 4 rings (SSSR count). The Morgan fingerprint density at radius 3 is 2.57 bits per heavy atom. The smallest absolute Gasteiger partial charge is 0.232 e. The highest BCUT2D eigenvalue weighted by molar-refractivity contribution is 6.01. The normalized spacial score (nSPS) is 46.3. The number of amides is 2. The summed E-state index contributed by atoms with van der Waals surface area (Å²) in [6, 6.07) is 0. The van der Waals surface area contributed by atoms with Crippen molar-refractivity contribution in [1.82, 2.24) is 5.32 Å². The number of nitrogens with one attached hydrogen (secondary N) is 1. The van der Waals surface area contributed by atoms with Crippen LogP contribution in [0.5, 0.6) is 0 Å². The first kappa shape index (κ1) is 15.1. The highest BCUT2D eigenvalue weighted by Crippen LogP contribution is 2.62. The van der Waals surface area contributed by atoms with Crippen molar-refractivity contribution in [2.45, 2.75) is 58.8 Å². The molecular weight excluding hydrogens is 290 g/mol. The first-order valence-electron chi connectivity index (χ1n) is 8.93. The molecule has 0 bridgehead atoms. The fourth-order valence-corrected chi connectivity index (χ4v) is 6.06. The zero-order valence-corrected chi connectivity index (χ0v) is 14.0. The zero-order chi connectivity index (χ0) is 16.4. The molecule has 4 nitrogen and oxygen atoms in total. The Morgan fingerprint density at radius 2 is 1.78 bits per heavy atom. The molecule has 0 aromatic carbocycles. The summed E-state index contributed by atoms with van der Waals surface area (Å²) in [5.74, 6) is 1.19. The van der Waals surface area contributed by atoms with Crippen molar-refractivity contribution in [3.8, 4) is 0 Å². The van der Waals surface area contributed by atoms with Gasteiger partial charge in [0.15, 0.2) is 5.78 Å². The number of allylic oxidation sites excluding steroid dienone is 2. The van der Waals surface area contributed by atoms with Gasteiger partial charge >= 0.3 is 0 Å². The Bertz CT molecular complexity index is 637. The Hall–Kier alpha value is -1.45. The Balaban J connectivity index is 1.71. The fourth-order valence-electron chi connectivity index (χ4n) is 6.06. The molecule has 0 unspecified atom stereocenters. The van der Waals surface area contributed by atoms with Crippen LogP contribution in [-0.4, -0.2) is 17.6 Å². The van der Waals surface area contributed by atoms with Gasteiger partial charge in [0.05, 0.1) is 5.41 Å². The van der Waals surface area contributed by atoms with Crippen LogP contribution in [-0.2, 0) is 14.4 Å². The van der Waals surface area contributed by atoms with Crippen molar-refractivity contribution in [2.75, 3.05) is 0 Å². The first-order valence-corrected chi connectivity index (χ1v) is 8.93. The summed E-state index contributed by atoms with van der Waals surface area (Å²) in [6.07, 6.45) is 7.80. The van der Waals surface area contributed by atoms with E-state index in [9.17, 15) is 14.4 Å². The molecule has 1 heterocycles. The number of fused-ring (bicyclic) bond motifs is 5. The second-order valence-electron chi connectivity index (χ2n) is 8.51. The van der Waals surface area contributed by atoms with Gasteiger partial charge in [0.1, 0.15) is 0 Å². The lowest BCUT2D eigenvalue weighted by molar-refractivity contribution is -0.156. The summed E-state index contributed by atoms with van der Waals surface area (Å²) < 4.78 is 0. The molecular formula is C19H25NO3. The van der Waals surface area contributed by atoms with Gasteiger partial charge in [0.2, 0.25) is 11.8 Å². The van der Waals surface area contributed by atoms with Crippen molar-refractivity contribution in [3.05, 3.63) is 11.6 Å². The highest BCUT2D eigenvalue weighted by atomic mass is 16.2. The van der Waals surface area contributed by atoms with Gasteiger partial charge in [-0.3, -0.25) is 19.7 Å². The SMILES string of the molecule is C[C@]12CCC(=O)C=C1CC[C@@H]1[C@@H]2CC[C@]2(C)C(=O)NC(=O)C[C@@H]12. The predicted molar refractivity (Wildman–Crippen MR) is 85.2 cm³/mol. The van der Waals surface area contributed by atoms with E-state index in [1.165, 1.54) is 5.57 Å². The standard InChI is InChI=1S/C19H25NO3/c1-18-7-5-12(21)9-11(18)3-4-13-14(18)6-8-19(2)15(13)10-16(22)20-17(19)23/h9,13-15H,3-8,10H2,1-2H3,(H,20,22,23)/t13-,14+,15+,18+,19+/m1/s1. The molecule has 0 aromatic heterocycles. The van der Waals surface area contributed by atoms with Crippen LogP contribution in [0.4, 0.5) is 0 Å². The van der Waals surface area contributed by atoms with E-state index in [-0.39, 0.29) is 28.9 Å². The van der Waals surface area contributed by atoms with Crippen molar-refractivity contribution in [2.24, 2.45) is 28.6 Å². The molecule has 1 saturated heterocycles. The van der Waals surface area contributed by atoms with Gasteiger partial charge in [-0.15, -0.1) is 0 Å². The van der Waals surface area contributed by atoms with Gasteiger partial charge in [-0.05, 0) is 61.3 Å². The second kappa shape index (κ2) is 4.78. The maximum atomic E-state index is 12.5. The summed E-state index contributed by atoms with van der Waals surface area (Å²) in [6.45, 7) is 4.36. The molecule has 4 heteroatoms. The lowest BCUT2D eigenvalue weighted by Gasteiger charge is -2.58. The summed E-state index contributed by atoms with van der Waals surface area (Å²) in [4.78, 5) is 36.2. The van der Waals surface area contributed by atoms with E-state index in [0.29, 0.717) is 24.7 Å². The number of piperidine rings is 1. The minimum atomic E-state index is -0.392. The van der Waals surface area contributed by atoms with Crippen LogP contribution in [0.25, 0.3) is 0 Å². The quantitative estimate of drug-likeness (QED) is 0.699. The maximum Gasteiger partial charge on any atom is 0.232 e. The molecule has 23 heavy (non-hydrogen) atoms. The van der Waals surface area contributed by atoms with E-state index in [0.717, 1.165) is 32.1 Å². The van der Waals surface area contributed by atoms with E-state index >= 15 is 0 Å². The Labute approximate surface area is 137 Å². The third kappa shape index (κ3) is 1.99. The highest BCUT2D eigenvalue weighted by Gasteiger charge is 2.59. The van der Waals surface area contributed by atoms with Gasteiger partial charge in [-0.1, -0.05) is 19.4 Å². The van der Waals surface area contributed by atoms with Crippen LogP contribution in [0, 0.1) is 28.6 Å². The minimum absolute atomic E-state index is 0.0671. The molecule has 0 radical (unpaired) electrons. The molecule has 0 aromatic rings. The van der Waals surface area contributed by atoms with Crippen molar-refractivity contribution < 1.29 is 14.4 Å². The minimum Gasteiger partial charge on any atom is -0.296 e. The average molecular weight is 315 g/mol. The van der Waals surface area contributed by atoms with Crippen LogP contribution < -0.4 is 5.32 Å². The van der Waals surface area contributed by atoms with Crippen LogP contribution in [0.1, 0.15) is 58.8 Å². The zero-order valence-electron chi connectivity index (χ0n) is 14.0. The second-order valence-corrected chi connectivity index (χ2v) is 8.51. The third-order valence-electron chi connectivity index (χ3n) is 7.53. The van der Waals surface area contributed by atoms with Crippen LogP contribution in [0.2, 0.25) is 0 Å². The van der Waals surface area contributed by atoms with Gasteiger partial charge in [0, 0.05) is 12.8 Å². The third-order valence-corrected chi connectivity index (χ3v) is 7.53. The molecule has 124 valence electrons. The lowest BCUT2D eigenvalue weighted by Crippen LogP contribution is -2.60. The molecule has 2 amide bonds. The molecule has 1 N–H and O–H groups in total. The van der Waals surface area contributed by atoms with E-state index in [1.54, 1.807) is 0 Å².